The normalized spacial score (nSPS) is 24.6. The van der Waals surface area contributed by atoms with Crippen LogP contribution in [0.25, 0.3) is 0 Å². The fraction of sp³-hybridized carbons (Fsp3) is 0.923. The van der Waals surface area contributed by atoms with Gasteiger partial charge in [-0.05, 0) is 33.6 Å². The molecule has 0 radical (unpaired) electrons. The van der Waals surface area contributed by atoms with Gasteiger partial charge < -0.3 is 14.7 Å². The van der Waals surface area contributed by atoms with Crippen LogP contribution in [0, 0.1) is 5.92 Å². The lowest BCUT2D eigenvalue weighted by Crippen LogP contribution is -2.47. The Balaban J connectivity index is 2.55. The third-order valence-corrected chi connectivity index (χ3v) is 3.14. The standard InChI is InChI=1S/C13H22F3NO3/c1-12(2,3)20-11(19)17-7-5-10(18)9(8-17)4-6-13(14,15)16/h9-10,18H,4-8H2,1-3H3. The maximum absolute atomic E-state index is 12.2. The molecule has 0 aromatic rings. The second kappa shape index (κ2) is 6.20. The Bertz CT molecular complexity index is 339. The number of amides is 1. The van der Waals surface area contributed by atoms with Gasteiger partial charge in [-0.1, -0.05) is 0 Å². The minimum atomic E-state index is -4.24. The van der Waals surface area contributed by atoms with Crippen molar-refractivity contribution in [3.05, 3.63) is 0 Å². The molecule has 20 heavy (non-hydrogen) atoms. The van der Waals surface area contributed by atoms with Gasteiger partial charge in [0.05, 0.1) is 6.10 Å². The van der Waals surface area contributed by atoms with E-state index < -0.39 is 36.3 Å². The molecule has 4 nitrogen and oxygen atoms in total. The van der Waals surface area contributed by atoms with E-state index in [1.54, 1.807) is 20.8 Å². The molecule has 1 N–H and O–H groups in total. The van der Waals surface area contributed by atoms with Gasteiger partial charge in [0.25, 0.3) is 0 Å². The van der Waals surface area contributed by atoms with Crippen LogP contribution in [0.2, 0.25) is 0 Å². The van der Waals surface area contributed by atoms with E-state index in [1.807, 2.05) is 0 Å². The third kappa shape index (κ3) is 5.98. The summed E-state index contributed by atoms with van der Waals surface area (Å²) >= 11 is 0. The molecule has 0 aliphatic carbocycles. The van der Waals surface area contributed by atoms with E-state index in [9.17, 15) is 23.1 Å². The number of alkyl halides is 3. The Hall–Kier alpha value is -0.980. The molecule has 0 saturated carbocycles. The maximum Gasteiger partial charge on any atom is 0.410 e. The lowest BCUT2D eigenvalue weighted by molar-refractivity contribution is -0.140. The molecular formula is C13H22F3NO3. The molecule has 0 aromatic heterocycles. The van der Waals surface area contributed by atoms with Gasteiger partial charge in [0.2, 0.25) is 0 Å². The highest BCUT2D eigenvalue weighted by molar-refractivity contribution is 5.68. The summed E-state index contributed by atoms with van der Waals surface area (Å²) in [5, 5.41) is 9.75. The van der Waals surface area contributed by atoms with Crippen LogP contribution < -0.4 is 0 Å². The first kappa shape index (κ1) is 17.1. The van der Waals surface area contributed by atoms with Gasteiger partial charge in [-0.3, -0.25) is 0 Å². The zero-order chi connectivity index (χ0) is 15.6. The minimum Gasteiger partial charge on any atom is -0.444 e. The Morgan fingerprint density at radius 3 is 2.45 bits per heavy atom. The van der Waals surface area contributed by atoms with E-state index >= 15 is 0 Å². The number of aliphatic hydroxyl groups is 1. The first-order valence-corrected chi connectivity index (χ1v) is 6.71. The Kier molecular flexibility index (Phi) is 5.29. The van der Waals surface area contributed by atoms with E-state index in [0.29, 0.717) is 6.54 Å². The van der Waals surface area contributed by atoms with Crippen molar-refractivity contribution in [3.8, 4) is 0 Å². The highest BCUT2D eigenvalue weighted by Gasteiger charge is 2.35. The molecule has 1 rings (SSSR count). The average molecular weight is 297 g/mol. The zero-order valence-corrected chi connectivity index (χ0v) is 12.0. The van der Waals surface area contributed by atoms with Crippen LogP contribution in [0.15, 0.2) is 0 Å². The van der Waals surface area contributed by atoms with E-state index in [2.05, 4.69) is 0 Å². The van der Waals surface area contributed by atoms with Gasteiger partial charge in [0, 0.05) is 25.4 Å². The number of hydrogen-bond donors (Lipinski definition) is 1. The van der Waals surface area contributed by atoms with Crippen molar-refractivity contribution in [1.29, 1.82) is 0 Å². The summed E-state index contributed by atoms with van der Waals surface area (Å²) in [5.41, 5.74) is -0.644. The van der Waals surface area contributed by atoms with Gasteiger partial charge >= 0.3 is 12.3 Å². The lowest BCUT2D eigenvalue weighted by Gasteiger charge is -2.37. The first-order valence-electron chi connectivity index (χ1n) is 6.71. The highest BCUT2D eigenvalue weighted by atomic mass is 19.4. The number of carbonyl (C=O) groups excluding carboxylic acids is 1. The molecule has 0 bridgehead atoms. The zero-order valence-electron chi connectivity index (χ0n) is 12.0. The van der Waals surface area contributed by atoms with Crippen LogP contribution in [0.5, 0.6) is 0 Å². The van der Waals surface area contributed by atoms with Crippen LogP contribution in [-0.2, 0) is 4.74 Å². The summed E-state index contributed by atoms with van der Waals surface area (Å²) < 4.78 is 41.9. The number of hydrogen-bond acceptors (Lipinski definition) is 3. The van der Waals surface area contributed by atoms with Crippen LogP contribution in [0.4, 0.5) is 18.0 Å². The smallest absolute Gasteiger partial charge is 0.410 e. The molecule has 1 heterocycles. The molecule has 0 aromatic carbocycles. The van der Waals surface area contributed by atoms with Crippen LogP contribution >= 0.6 is 0 Å². The number of nitrogens with zero attached hydrogens (tertiary/aromatic N) is 1. The van der Waals surface area contributed by atoms with E-state index in [-0.39, 0.29) is 19.4 Å². The Morgan fingerprint density at radius 1 is 1.35 bits per heavy atom. The van der Waals surface area contributed by atoms with Crippen molar-refractivity contribution in [2.75, 3.05) is 13.1 Å². The molecule has 1 saturated heterocycles. The Labute approximate surface area is 116 Å². The third-order valence-electron chi connectivity index (χ3n) is 3.14. The van der Waals surface area contributed by atoms with E-state index in [1.165, 1.54) is 4.90 Å². The number of rotatable bonds is 2. The molecule has 1 aliphatic rings. The molecule has 1 amide bonds. The first-order chi connectivity index (χ1) is 8.98. The van der Waals surface area contributed by atoms with Crippen molar-refractivity contribution in [2.45, 2.75) is 57.9 Å². The van der Waals surface area contributed by atoms with Crippen molar-refractivity contribution >= 4 is 6.09 Å². The number of likely N-dealkylation sites (tertiary alicyclic amines) is 1. The minimum absolute atomic E-state index is 0.103. The number of halogens is 3. The number of aliphatic hydroxyl groups excluding tert-OH is 1. The molecular weight excluding hydrogens is 275 g/mol. The number of piperidine rings is 1. The van der Waals surface area contributed by atoms with Gasteiger partial charge in [-0.15, -0.1) is 0 Å². The topological polar surface area (TPSA) is 49.8 Å². The van der Waals surface area contributed by atoms with E-state index in [0.717, 1.165) is 0 Å². The fourth-order valence-corrected chi connectivity index (χ4v) is 2.14. The molecule has 1 aliphatic heterocycles. The summed E-state index contributed by atoms with van der Waals surface area (Å²) in [5.74, 6) is -0.558. The second-order valence-electron chi connectivity index (χ2n) is 6.20. The summed E-state index contributed by atoms with van der Waals surface area (Å²) in [6, 6.07) is 0. The SMILES string of the molecule is CC(C)(C)OC(=O)N1CCC(O)C(CCC(F)(F)F)C1. The van der Waals surface area contributed by atoms with Crippen molar-refractivity contribution in [3.63, 3.8) is 0 Å². The molecule has 2 unspecified atom stereocenters. The number of ether oxygens (including phenoxy) is 1. The van der Waals surface area contributed by atoms with Gasteiger partial charge in [-0.25, -0.2) is 4.79 Å². The molecule has 2 atom stereocenters. The second-order valence-corrected chi connectivity index (χ2v) is 6.20. The molecule has 118 valence electrons. The van der Waals surface area contributed by atoms with Gasteiger partial charge in [-0.2, -0.15) is 13.2 Å². The van der Waals surface area contributed by atoms with Crippen molar-refractivity contribution in [2.24, 2.45) is 5.92 Å². The monoisotopic (exact) mass is 297 g/mol. The van der Waals surface area contributed by atoms with Gasteiger partial charge in [0.1, 0.15) is 5.60 Å². The summed E-state index contributed by atoms with van der Waals surface area (Å²) in [7, 11) is 0. The summed E-state index contributed by atoms with van der Waals surface area (Å²) in [6.45, 7) is 5.59. The largest absolute Gasteiger partial charge is 0.444 e. The molecule has 1 fully saturated rings. The van der Waals surface area contributed by atoms with Crippen LogP contribution in [0.3, 0.4) is 0 Å². The summed E-state index contributed by atoms with van der Waals surface area (Å²) in [4.78, 5) is 13.2. The van der Waals surface area contributed by atoms with Crippen molar-refractivity contribution < 1.29 is 27.8 Å². The summed E-state index contributed by atoms with van der Waals surface area (Å²) in [6.07, 6.45) is -6.42. The number of carbonyl (C=O) groups is 1. The maximum atomic E-state index is 12.2. The average Bonchev–Trinajstić information content (AvgIpc) is 2.24. The molecule has 7 heteroatoms. The molecule has 0 spiro atoms. The Morgan fingerprint density at radius 2 is 1.95 bits per heavy atom. The highest BCUT2D eigenvalue weighted by Crippen LogP contribution is 2.29. The van der Waals surface area contributed by atoms with Crippen LogP contribution in [-0.4, -0.2) is 47.1 Å². The van der Waals surface area contributed by atoms with Gasteiger partial charge in [0.15, 0.2) is 0 Å². The predicted octanol–water partition coefficient (Wildman–Crippen LogP) is 2.95. The van der Waals surface area contributed by atoms with E-state index in [4.69, 9.17) is 4.74 Å². The van der Waals surface area contributed by atoms with Crippen LogP contribution in [0.1, 0.15) is 40.0 Å². The lowest BCUT2D eigenvalue weighted by atomic mass is 9.90. The van der Waals surface area contributed by atoms with Crippen molar-refractivity contribution in [1.82, 2.24) is 4.90 Å². The fourth-order valence-electron chi connectivity index (χ4n) is 2.14. The predicted molar refractivity (Wildman–Crippen MR) is 67.2 cm³/mol. The quantitative estimate of drug-likeness (QED) is 0.852.